The first-order valence-electron chi connectivity index (χ1n) is 5.48. The molecule has 0 unspecified atom stereocenters. The van der Waals surface area contributed by atoms with E-state index in [4.69, 9.17) is 0 Å². The predicted octanol–water partition coefficient (Wildman–Crippen LogP) is 5.25. The smallest absolute Gasteiger partial charge is 0.0313 e. The van der Waals surface area contributed by atoms with Gasteiger partial charge in [0.25, 0.3) is 0 Å². The van der Waals surface area contributed by atoms with Crippen molar-refractivity contribution in [1.29, 1.82) is 0 Å². The molecule has 0 N–H and O–H groups in total. The molecule has 0 saturated heterocycles. The largest absolute Gasteiger partial charge is 0.0605 e. The van der Waals surface area contributed by atoms with Crippen LogP contribution in [0.5, 0.6) is 0 Å². The molecule has 0 fully saturated rings. The van der Waals surface area contributed by atoms with Crippen molar-refractivity contribution in [2.75, 3.05) is 0 Å². The molecule has 2 aromatic carbocycles. The van der Waals surface area contributed by atoms with Gasteiger partial charge in [-0.25, -0.2) is 0 Å². The van der Waals surface area contributed by atoms with Crippen molar-refractivity contribution in [3.8, 4) is 0 Å². The molecule has 0 aliphatic carbocycles. The topological polar surface area (TPSA) is 0 Å². The van der Waals surface area contributed by atoms with Gasteiger partial charge < -0.3 is 0 Å². The van der Waals surface area contributed by atoms with Crippen LogP contribution in [-0.4, -0.2) is 0 Å². The van der Waals surface area contributed by atoms with Crippen LogP contribution in [0.15, 0.2) is 40.1 Å². The maximum absolute atomic E-state index is 2.29. The van der Waals surface area contributed by atoms with Crippen molar-refractivity contribution in [1.82, 2.24) is 0 Å². The minimum atomic E-state index is 0.231. The van der Waals surface area contributed by atoms with E-state index in [9.17, 15) is 0 Å². The zero-order chi connectivity index (χ0) is 11.3. The van der Waals surface area contributed by atoms with Crippen molar-refractivity contribution >= 4 is 32.4 Å². The molecule has 1 aliphatic rings. The molecule has 0 aromatic heterocycles. The molecule has 0 saturated carbocycles. The van der Waals surface area contributed by atoms with Gasteiger partial charge in [0, 0.05) is 15.2 Å². The number of rotatable bonds is 0. The van der Waals surface area contributed by atoms with E-state index < -0.39 is 0 Å². The van der Waals surface area contributed by atoms with Crippen LogP contribution in [0.3, 0.4) is 0 Å². The quantitative estimate of drug-likeness (QED) is 0.582. The van der Waals surface area contributed by atoms with E-state index in [1.165, 1.54) is 26.1 Å². The van der Waals surface area contributed by atoms with Crippen LogP contribution in [0.25, 0.3) is 10.8 Å². The van der Waals surface area contributed by atoms with Gasteiger partial charge in [-0.2, -0.15) is 0 Å². The fourth-order valence-electron chi connectivity index (χ4n) is 2.15. The molecule has 1 heterocycles. The highest BCUT2D eigenvalue weighted by molar-refractivity contribution is 8.77. The lowest BCUT2D eigenvalue weighted by Gasteiger charge is -2.21. The third kappa shape index (κ3) is 1.47. The van der Waals surface area contributed by atoms with Gasteiger partial charge in [0.2, 0.25) is 0 Å². The molecule has 0 bridgehead atoms. The zero-order valence-electron chi connectivity index (χ0n) is 9.70. The summed E-state index contributed by atoms with van der Waals surface area (Å²) in [4.78, 5) is 2.90. The maximum Gasteiger partial charge on any atom is 0.0313 e. The summed E-state index contributed by atoms with van der Waals surface area (Å²) in [6.07, 6.45) is 0. The summed E-state index contributed by atoms with van der Waals surface area (Å²) in [7, 11) is 3.81. The predicted molar refractivity (Wildman–Crippen MR) is 74.4 cm³/mol. The van der Waals surface area contributed by atoms with Crippen LogP contribution < -0.4 is 0 Å². The van der Waals surface area contributed by atoms with Crippen LogP contribution in [0, 0.1) is 0 Å². The molecule has 0 radical (unpaired) electrons. The van der Waals surface area contributed by atoms with Crippen LogP contribution >= 0.6 is 21.6 Å². The average Bonchev–Trinajstić information content (AvgIpc) is 2.63. The summed E-state index contributed by atoms with van der Waals surface area (Å²) < 4.78 is 0. The zero-order valence-corrected chi connectivity index (χ0v) is 11.3. The highest BCUT2D eigenvalue weighted by atomic mass is 33.1. The number of hydrogen-bond acceptors (Lipinski definition) is 2. The monoisotopic (exact) mass is 246 g/mol. The van der Waals surface area contributed by atoms with E-state index in [0.717, 1.165) is 0 Å². The molecular weight excluding hydrogens is 232 g/mol. The Kier molecular flexibility index (Phi) is 2.27. The van der Waals surface area contributed by atoms with Crippen molar-refractivity contribution in [2.45, 2.75) is 36.0 Å². The lowest BCUT2D eigenvalue weighted by molar-refractivity contribution is 0.580. The second-order valence-electron chi connectivity index (χ2n) is 5.21. The molecule has 16 heavy (non-hydrogen) atoms. The van der Waals surface area contributed by atoms with E-state index in [2.05, 4.69) is 51.1 Å². The third-order valence-electron chi connectivity index (χ3n) is 2.98. The molecule has 2 heteroatoms. The summed E-state index contributed by atoms with van der Waals surface area (Å²) in [5, 5.41) is 2.84. The fraction of sp³-hybridized carbons (Fsp3) is 0.286. The first-order chi connectivity index (χ1) is 7.57. The number of hydrogen-bond donors (Lipinski definition) is 0. The summed E-state index contributed by atoms with van der Waals surface area (Å²) in [5.41, 5.74) is 1.71. The second kappa shape index (κ2) is 3.44. The highest BCUT2D eigenvalue weighted by Gasteiger charge is 2.25. The minimum Gasteiger partial charge on any atom is -0.0605 e. The van der Waals surface area contributed by atoms with Crippen LogP contribution in [-0.2, 0) is 5.41 Å². The lowest BCUT2D eigenvalue weighted by Crippen LogP contribution is -2.12. The van der Waals surface area contributed by atoms with Crippen molar-refractivity contribution in [3.63, 3.8) is 0 Å². The van der Waals surface area contributed by atoms with Gasteiger partial charge in [-0.1, -0.05) is 66.6 Å². The number of benzene rings is 2. The van der Waals surface area contributed by atoms with E-state index >= 15 is 0 Å². The molecule has 0 atom stereocenters. The summed E-state index contributed by atoms with van der Waals surface area (Å²) in [5.74, 6) is 0. The Labute approximate surface area is 104 Å². The van der Waals surface area contributed by atoms with E-state index in [-0.39, 0.29) is 5.41 Å². The minimum absolute atomic E-state index is 0.231. The molecule has 1 aliphatic heterocycles. The van der Waals surface area contributed by atoms with Gasteiger partial charge in [0.1, 0.15) is 0 Å². The molecule has 82 valence electrons. The van der Waals surface area contributed by atoms with Gasteiger partial charge >= 0.3 is 0 Å². The van der Waals surface area contributed by atoms with Crippen LogP contribution in [0.2, 0.25) is 0 Å². The Morgan fingerprint density at radius 3 is 2.50 bits per heavy atom. The first-order valence-corrected chi connectivity index (χ1v) is 7.63. The molecule has 3 rings (SSSR count). The summed E-state index contributed by atoms with van der Waals surface area (Å²) >= 11 is 0. The summed E-state index contributed by atoms with van der Waals surface area (Å²) in [6, 6.07) is 11.1. The molecule has 0 amide bonds. The Balaban J connectivity index is 2.39. The molecule has 0 nitrogen and oxygen atoms in total. The molecule has 2 aromatic rings. The maximum atomic E-state index is 2.29. The Morgan fingerprint density at radius 1 is 0.938 bits per heavy atom. The Morgan fingerprint density at radius 2 is 1.75 bits per heavy atom. The molecule has 0 spiro atoms. The van der Waals surface area contributed by atoms with Crippen molar-refractivity contribution < 1.29 is 0 Å². The average molecular weight is 246 g/mol. The van der Waals surface area contributed by atoms with Gasteiger partial charge in [-0.15, -0.1) is 0 Å². The van der Waals surface area contributed by atoms with Gasteiger partial charge in [-0.05, 0) is 22.4 Å². The Bertz CT molecular complexity index is 565. The fourth-order valence-corrected chi connectivity index (χ4v) is 5.05. The van der Waals surface area contributed by atoms with E-state index in [1.54, 1.807) is 0 Å². The van der Waals surface area contributed by atoms with Crippen molar-refractivity contribution in [2.24, 2.45) is 0 Å². The Hall–Kier alpha value is -0.600. The van der Waals surface area contributed by atoms with Gasteiger partial charge in [0.15, 0.2) is 0 Å². The standard InChI is InChI=1S/C14H14S2/c1-14(2,3)10-8-7-9-5-4-6-11-12(9)13(10)16-15-11/h4-8H,1-3H3. The summed E-state index contributed by atoms with van der Waals surface area (Å²) in [6.45, 7) is 6.87. The second-order valence-corrected chi connectivity index (χ2v) is 7.39. The SMILES string of the molecule is CC(C)(C)c1ccc2cccc3c2c1SS3. The van der Waals surface area contributed by atoms with Crippen LogP contribution in [0.1, 0.15) is 26.3 Å². The first kappa shape index (κ1) is 10.5. The van der Waals surface area contributed by atoms with Crippen molar-refractivity contribution in [3.05, 3.63) is 35.9 Å². The van der Waals surface area contributed by atoms with E-state index in [1.807, 2.05) is 21.6 Å². The lowest BCUT2D eigenvalue weighted by atomic mass is 9.86. The van der Waals surface area contributed by atoms with Gasteiger partial charge in [0.05, 0.1) is 0 Å². The normalized spacial score (nSPS) is 14.7. The van der Waals surface area contributed by atoms with Crippen LogP contribution in [0.4, 0.5) is 0 Å². The van der Waals surface area contributed by atoms with Gasteiger partial charge in [-0.3, -0.25) is 0 Å². The highest BCUT2D eigenvalue weighted by Crippen LogP contribution is 2.54. The third-order valence-corrected chi connectivity index (χ3v) is 5.46. The van der Waals surface area contributed by atoms with E-state index in [0.29, 0.717) is 0 Å². The molecular formula is C14H14S2.